The van der Waals surface area contributed by atoms with E-state index in [-0.39, 0.29) is 0 Å². The van der Waals surface area contributed by atoms with Gasteiger partial charge < -0.3 is 0 Å². The molecule has 98 valence electrons. The third-order valence-electron chi connectivity index (χ3n) is 3.88. The van der Waals surface area contributed by atoms with Gasteiger partial charge in [0.15, 0.2) is 0 Å². The van der Waals surface area contributed by atoms with Crippen molar-refractivity contribution in [2.24, 2.45) is 0 Å². The first-order chi connectivity index (χ1) is 10.4. The first kappa shape index (κ1) is 10.7. The second kappa shape index (κ2) is 3.76. The van der Waals surface area contributed by atoms with Crippen LogP contribution in [-0.2, 0) is 0 Å². The van der Waals surface area contributed by atoms with Crippen molar-refractivity contribution >= 4 is 38.5 Å². The highest BCUT2D eigenvalue weighted by Gasteiger charge is 2.11. The molecular formula is C17H10N4. The zero-order chi connectivity index (χ0) is 13.8. The smallest absolute Gasteiger partial charge is 0.147 e. The molecule has 5 aromatic rings. The molecule has 21 heavy (non-hydrogen) atoms. The van der Waals surface area contributed by atoms with Gasteiger partial charge in [0.1, 0.15) is 11.3 Å². The summed E-state index contributed by atoms with van der Waals surface area (Å²) in [6.07, 6.45) is 5.55. The number of pyridine rings is 3. The van der Waals surface area contributed by atoms with Crippen molar-refractivity contribution in [1.29, 1.82) is 0 Å². The molecule has 5 rings (SSSR count). The van der Waals surface area contributed by atoms with Crippen molar-refractivity contribution in [2.45, 2.75) is 0 Å². The number of nitrogens with zero attached hydrogens (tertiary/aromatic N) is 4. The van der Waals surface area contributed by atoms with Gasteiger partial charge in [-0.15, -0.1) is 0 Å². The Morgan fingerprint density at radius 3 is 2.67 bits per heavy atom. The van der Waals surface area contributed by atoms with E-state index in [0.717, 1.165) is 38.5 Å². The quantitative estimate of drug-likeness (QED) is 0.319. The van der Waals surface area contributed by atoms with Crippen LogP contribution in [0.25, 0.3) is 38.5 Å². The van der Waals surface area contributed by atoms with Crippen LogP contribution in [0.5, 0.6) is 0 Å². The molecule has 0 aliphatic rings. The number of para-hydroxylation sites is 1. The zero-order valence-electron chi connectivity index (χ0n) is 11.1. The lowest BCUT2D eigenvalue weighted by atomic mass is 10.1. The molecule has 0 N–H and O–H groups in total. The molecule has 4 heteroatoms. The third-order valence-corrected chi connectivity index (χ3v) is 3.88. The molecule has 1 aromatic carbocycles. The molecule has 4 heterocycles. The largest absolute Gasteiger partial charge is 0.283 e. The van der Waals surface area contributed by atoms with Gasteiger partial charge in [-0.05, 0) is 24.3 Å². The van der Waals surface area contributed by atoms with Crippen LogP contribution in [0.3, 0.4) is 0 Å². The van der Waals surface area contributed by atoms with E-state index in [1.54, 1.807) is 12.4 Å². The first-order valence-electron chi connectivity index (χ1n) is 6.81. The molecule has 0 spiro atoms. The van der Waals surface area contributed by atoms with Crippen LogP contribution in [0.4, 0.5) is 0 Å². The summed E-state index contributed by atoms with van der Waals surface area (Å²) in [7, 11) is 0. The number of imidazole rings is 1. The van der Waals surface area contributed by atoms with Gasteiger partial charge >= 0.3 is 0 Å². The van der Waals surface area contributed by atoms with E-state index in [2.05, 4.69) is 28.2 Å². The lowest BCUT2D eigenvalue weighted by Crippen LogP contribution is -1.94. The van der Waals surface area contributed by atoms with Gasteiger partial charge in [0.2, 0.25) is 0 Å². The number of aromatic nitrogens is 4. The Kier molecular flexibility index (Phi) is 1.92. The standard InChI is InChI=1S/C17H10N4/c1-2-6-14-11(4-1)10-13-15(20-14)12-5-3-7-18-16(12)21-9-8-19-17(13)21/h1-10H. The summed E-state index contributed by atoms with van der Waals surface area (Å²) >= 11 is 0. The number of hydrogen-bond acceptors (Lipinski definition) is 3. The Morgan fingerprint density at radius 2 is 1.67 bits per heavy atom. The number of hydrogen-bond donors (Lipinski definition) is 0. The van der Waals surface area contributed by atoms with E-state index in [4.69, 9.17) is 4.98 Å². The molecule has 0 bridgehead atoms. The summed E-state index contributed by atoms with van der Waals surface area (Å²) in [4.78, 5) is 13.8. The van der Waals surface area contributed by atoms with Crippen molar-refractivity contribution in [1.82, 2.24) is 19.4 Å². The number of fused-ring (bicyclic) bond motifs is 7. The van der Waals surface area contributed by atoms with E-state index >= 15 is 0 Å². The second-order valence-corrected chi connectivity index (χ2v) is 5.07. The lowest BCUT2D eigenvalue weighted by molar-refractivity contribution is 1.20. The molecule has 4 aromatic heterocycles. The van der Waals surface area contributed by atoms with Crippen LogP contribution in [0.15, 0.2) is 61.1 Å². The summed E-state index contributed by atoms with van der Waals surface area (Å²) in [5.41, 5.74) is 3.73. The van der Waals surface area contributed by atoms with Crippen molar-refractivity contribution < 1.29 is 0 Å². The van der Waals surface area contributed by atoms with Gasteiger partial charge in [0.25, 0.3) is 0 Å². The molecule has 0 fully saturated rings. The highest BCUT2D eigenvalue weighted by molar-refractivity contribution is 6.11. The van der Waals surface area contributed by atoms with Crippen molar-refractivity contribution in [3.8, 4) is 0 Å². The molecule has 0 aliphatic carbocycles. The zero-order valence-corrected chi connectivity index (χ0v) is 11.1. The van der Waals surface area contributed by atoms with Crippen LogP contribution in [0.2, 0.25) is 0 Å². The fraction of sp³-hybridized carbons (Fsp3) is 0. The third kappa shape index (κ3) is 1.36. The average Bonchev–Trinajstić information content (AvgIpc) is 3.03. The summed E-state index contributed by atoms with van der Waals surface area (Å²) < 4.78 is 2.02. The summed E-state index contributed by atoms with van der Waals surface area (Å²) in [5.74, 6) is 0. The Labute approximate surface area is 119 Å². The predicted octanol–water partition coefficient (Wildman–Crippen LogP) is 3.58. The Bertz CT molecular complexity index is 1140. The minimum Gasteiger partial charge on any atom is -0.283 e. The molecule has 0 saturated carbocycles. The van der Waals surface area contributed by atoms with Gasteiger partial charge in [-0.25, -0.2) is 15.0 Å². The highest BCUT2D eigenvalue weighted by atomic mass is 15.0. The molecule has 0 atom stereocenters. The molecule has 0 aliphatic heterocycles. The molecule has 0 radical (unpaired) electrons. The Hall–Kier alpha value is -3.01. The predicted molar refractivity (Wildman–Crippen MR) is 83.3 cm³/mol. The maximum Gasteiger partial charge on any atom is 0.147 e. The summed E-state index contributed by atoms with van der Waals surface area (Å²) in [5, 5.41) is 3.22. The normalized spacial score (nSPS) is 11.8. The van der Waals surface area contributed by atoms with Crippen LogP contribution in [-0.4, -0.2) is 19.4 Å². The van der Waals surface area contributed by atoms with E-state index in [1.807, 2.05) is 34.9 Å². The van der Waals surface area contributed by atoms with Gasteiger partial charge in [-0.1, -0.05) is 18.2 Å². The Morgan fingerprint density at radius 1 is 0.810 bits per heavy atom. The van der Waals surface area contributed by atoms with Gasteiger partial charge in [0.05, 0.1) is 11.0 Å². The summed E-state index contributed by atoms with van der Waals surface area (Å²) in [6, 6.07) is 14.3. The number of rotatable bonds is 0. The van der Waals surface area contributed by atoms with Crippen LogP contribution in [0.1, 0.15) is 0 Å². The molecular weight excluding hydrogens is 260 g/mol. The monoisotopic (exact) mass is 270 g/mol. The van der Waals surface area contributed by atoms with Crippen LogP contribution < -0.4 is 0 Å². The van der Waals surface area contributed by atoms with Crippen molar-refractivity contribution in [3.63, 3.8) is 0 Å². The maximum atomic E-state index is 4.84. The second-order valence-electron chi connectivity index (χ2n) is 5.07. The van der Waals surface area contributed by atoms with Crippen molar-refractivity contribution in [2.75, 3.05) is 0 Å². The fourth-order valence-corrected chi connectivity index (χ4v) is 2.94. The Balaban J connectivity index is 2.18. The van der Waals surface area contributed by atoms with Gasteiger partial charge in [0, 0.05) is 34.7 Å². The molecule has 0 unspecified atom stereocenters. The molecule has 0 amide bonds. The lowest BCUT2D eigenvalue weighted by Gasteiger charge is -2.07. The van der Waals surface area contributed by atoms with E-state index in [9.17, 15) is 0 Å². The molecule has 0 saturated heterocycles. The van der Waals surface area contributed by atoms with E-state index in [1.165, 1.54) is 0 Å². The molecule has 4 nitrogen and oxygen atoms in total. The van der Waals surface area contributed by atoms with E-state index in [0.29, 0.717) is 0 Å². The van der Waals surface area contributed by atoms with Crippen molar-refractivity contribution in [3.05, 3.63) is 61.1 Å². The minimum atomic E-state index is 0.889. The van der Waals surface area contributed by atoms with Crippen LogP contribution in [0, 0.1) is 0 Å². The SMILES string of the molecule is c1ccc2nc3c4cccnc4n4ccnc4c3cc2c1. The minimum absolute atomic E-state index is 0.889. The van der Waals surface area contributed by atoms with Gasteiger partial charge in [-0.3, -0.25) is 4.40 Å². The topological polar surface area (TPSA) is 43.1 Å². The average molecular weight is 270 g/mol. The van der Waals surface area contributed by atoms with Gasteiger partial charge in [-0.2, -0.15) is 0 Å². The van der Waals surface area contributed by atoms with E-state index < -0.39 is 0 Å². The van der Waals surface area contributed by atoms with Crippen LogP contribution >= 0.6 is 0 Å². The fourth-order valence-electron chi connectivity index (χ4n) is 2.94. The first-order valence-corrected chi connectivity index (χ1v) is 6.81. The summed E-state index contributed by atoms with van der Waals surface area (Å²) in [6.45, 7) is 0. The maximum absolute atomic E-state index is 4.84. The number of benzene rings is 1. The highest BCUT2D eigenvalue weighted by Crippen LogP contribution is 2.28.